The van der Waals surface area contributed by atoms with Gasteiger partial charge in [0.25, 0.3) is 0 Å². The Morgan fingerprint density at radius 1 is 1.10 bits per heavy atom. The van der Waals surface area contributed by atoms with Crippen LogP contribution in [0.2, 0.25) is 0 Å². The number of H-pyrrole nitrogens is 1. The predicted molar refractivity (Wildman–Crippen MR) is 112 cm³/mol. The van der Waals surface area contributed by atoms with Gasteiger partial charge in [-0.1, -0.05) is 70.5 Å². The van der Waals surface area contributed by atoms with E-state index in [9.17, 15) is 9.59 Å². The minimum atomic E-state index is -1.05. The van der Waals surface area contributed by atoms with Crippen LogP contribution >= 0.6 is 15.9 Å². The molecule has 0 fully saturated rings. The summed E-state index contributed by atoms with van der Waals surface area (Å²) in [5.74, 6) is -1.00. The van der Waals surface area contributed by atoms with Crippen molar-refractivity contribution in [1.82, 2.24) is 9.97 Å². The summed E-state index contributed by atoms with van der Waals surface area (Å²) in [5, 5.41) is 8.80. The summed E-state index contributed by atoms with van der Waals surface area (Å²) in [6.07, 6.45) is 3.22. The van der Waals surface area contributed by atoms with E-state index in [4.69, 9.17) is 9.84 Å². The van der Waals surface area contributed by atoms with E-state index in [2.05, 4.69) is 25.9 Å². The fourth-order valence-corrected chi connectivity index (χ4v) is 3.18. The Bertz CT molecular complexity index is 1030. The Balaban J connectivity index is 1.80. The number of aromatic nitrogens is 2. The summed E-state index contributed by atoms with van der Waals surface area (Å²) in [6, 6.07) is 17.1. The minimum Gasteiger partial charge on any atom is -0.478 e. The molecule has 1 heterocycles. The van der Waals surface area contributed by atoms with Gasteiger partial charge < -0.3 is 14.8 Å². The first-order chi connectivity index (χ1) is 14.0. The summed E-state index contributed by atoms with van der Waals surface area (Å²) < 4.78 is 6.34. The zero-order valence-electron chi connectivity index (χ0n) is 15.5. The van der Waals surface area contributed by atoms with Crippen molar-refractivity contribution in [2.75, 3.05) is 0 Å². The lowest BCUT2D eigenvalue weighted by atomic mass is 10.1. The lowest BCUT2D eigenvalue weighted by molar-refractivity contribution is -0.131. The number of nitrogens with zero attached hydrogens (tertiary/aromatic N) is 1. The highest BCUT2D eigenvalue weighted by Gasteiger charge is 2.19. The number of carboxylic acid groups (broad SMARTS) is 1. The average molecular weight is 455 g/mol. The van der Waals surface area contributed by atoms with E-state index in [1.54, 1.807) is 0 Å². The summed E-state index contributed by atoms with van der Waals surface area (Å²) in [4.78, 5) is 30.9. The molecule has 0 saturated heterocycles. The number of hydrogen-bond acceptors (Lipinski definition) is 4. The number of carbonyl (C=O) groups is 2. The molecular weight excluding hydrogens is 436 g/mol. The Morgan fingerprint density at radius 2 is 1.83 bits per heavy atom. The molecule has 3 aromatic rings. The van der Waals surface area contributed by atoms with Gasteiger partial charge in [0, 0.05) is 23.4 Å². The third-order valence-electron chi connectivity index (χ3n) is 4.13. The molecule has 0 radical (unpaired) electrons. The molecule has 0 spiro atoms. The summed E-state index contributed by atoms with van der Waals surface area (Å²) in [7, 11) is 0. The number of hydrogen-bond donors (Lipinski definition) is 2. The van der Waals surface area contributed by atoms with E-state index < -0.39 is 11.9 Å². The van der Waals surface area contributed by atoms with Gasteiger partial charge in [-0.15, -0.1) is 0 Å². The summed E-state index contributed by atoms with van der Waals surface area (Å²) in [6.45, 7) is 0.135. The number of halogens is 1. The van der Waals surface area contributed by atoms with Crippen LogP contribution in [0.3, 0.4) is 0 Å². The number of carboxylic acids is 1. The van der Waals surface area contributed by atoms with E-state index in [0.717, 1.165) is 21.7 Å². The Kier molecular flexibility index (Phi) is 6.97. The van der Waals surface area contributed by atoms with Gasteiger partial charge in [0.15, 0.2) is 5.69 Å². The highest BCUT2D eigenvalue weighted by atomic mass is 79.9. The van der Waals surface area contributed by atoms with E-state index in [1.807, 2.05) is 54.6 Å². The maximum Gasteiger partial charge on any atom is 0.359 e. The highest BCUT2D eigenvalue weighted by Crippen LogP contribution is 2.20. The van der Waals surface area contributed by atoms with Gasteiger partial charge in [-0.25, -0.2) is 14.6 Å². The number of imidazole rings is 1. The highest BCUT2D eigenvalue weighted by molar-refractivity contribution is 9.10. The topological polar surface area (TPSA) is 92.3 Å². The van der Waals surface area contributed by atoms with Gasteiger partial charge in [0.1, 0.15) is 12.4 Å². The number of esters is 1. The molecule has 148 valence electrons. The first kappa shape index (κ1) is 20.5. The number of nitrogens with one attached hydrogen (secondary N) is 1. The predicted octanol–water partition coefficient (Wildman–Crippen LogP) is 4.30. The lowest BCUT2D eigenvalue weighted by Gasteiger charge is -2.04. The number of aliphatic carboxylic acids is 1. The number of ether oxygens (including phenoxy) is 1. The minimum absolute atomic E-state index is 0.135. The van der Waals surface area contributed by atoms with Crippen LogP contribution in [-0.2, 0) is 29.0 Å². The molecule has 2 aromatic carbocycles. The van der Waals surface area contributed by atoms with Crippen molar-refractivity contribution >= 4 is 27.9 Å². The number of aromatic amines is 1. The van der Waals surface area contributed by atoms with E-state index in [1.165, 1.54) is 6.08 Å². The van der Waals surface area contributed by atoms with Crippen LogP contribution in [0.1, 0.15) is 33.1 Å². The largest absolute Gasteiger partial charge is 0.478 e. The zero-order valence-corrected chi connectivity index (χ0v) is 17.1. The average Bonchev–Trinajstić information content (AvgIpc) is 3.11. The fourth-order valence-electron chi connectivity index (χ4n) is 2.76. The van der Waals surface area contributed by atoms with Crippen molar-refractivity contribution in [3.63, 3.8) is 0 Å². The molecule has 29 heavy (non-hydrogen) atoms. The van der Waals surface area contributed by atoms with Crippen molar-refractivity contribution in [3.8, 4) is 0 Å². The van der Waals surface area contributed by atoms with Crippen LogP contribution in [0.4, 0.5) is 0 Å². The van der Waals surface area contributed by atoms with Crippen molar-refractivity contribution in [2.45, 2.75) is 19.4 Å². The molecule has 0 aliphatic heterocycles. The first-order valence-electron chi connectivity index (χ1n) is 8.94. The molecule has 7 heteroatoms. The van der Waals surface area contributed by atoms with Crippen LogP contribution in [-0.4, -0.2) is 27.0 Å². The van der Waals surface area contributed by atoms with Crippen molar-refractivity contribution in [3.05, 3.63) is 99.6 Å². The van der Waals surface area contributed by atoms with Crippen LogP contribution < -0.4 is 0 Å². The molecule has 2 N–H and O–H groups in total. The van der Waals surface area contributed by atoms with Crippen LogP contribution in [0, 0.1) is 0 Å². The number of carbonyl (C=O) groups excluding carboxylic acids is 1. The van der Waals surface area contributed by atoms with E-state index >= 15 is 0 Å². The van der Waals surface area contributed by atoms with Crippen LogP contribution in [0.5, 0.6) is 0 Å². The molecule has 0 unspecified atom stereocenters. The fraction of sp³-hybridized carbons (Fsp3) is 0.136. The van der Waals surface area contributed by atoms with Crippen molar-refractivity contribution < 1.29 is 19.4 Å². The number of allylic oxidation sites excluding steroid dienone is 1. The molecule has 3 rings (SSSR count). The van der Waals surface area contributed by atoms with E-state index in [-0.39, 0.29) is 18.7 Å². The number of benzene rings is 2. The molecule has 0 bridgehead atoms. The molecule has 1 aromatic heterocycles. The molecule has 0 amide bonds. The van der Waals surface area contributed by atoms with Gasteiger partial charge in [-0.3, -0.25) is 0 Å². The molecule has 0 atom stereocenters. The molecule has 0 aliphatic carbocycles. The maximum absolute atomic E-state index is 12.6. The second-order valence-corrected chi connectivity index (χ2v) is 7.14. The second kappa shape index (κ2) is 9.84. The Morgan fingerprint density at radius 3 is 2.55 bits per heavy atom. The first-order valence-corrected chi connectivity index (χ1v) is 9.74. The van der Waals surface area contributed by atoms with Gasteiger partial charge in [-0.05, 0) is 17.2 Å². The van der Waals surface area contributed by atoms with Gasteiger partial charge in [0.2, 0.25) is 0 Å². The van der Waals surface area contributed by atoms with Crippen LogP contribution in [0.25, 0.3) is 0 Å². The second-order valence-electron chi connectivity index (χ2n) is 6.29. The smallest absolute Gasteiger partial charge is 0.359 e. The molecule has 0 saturated carbocycles. The maximum atomic E-state index is 12.6. The van der Waals surface area contributed by atoms with Gasteiger partial charge in [0.05, 0.1) is 5.69 Å². The standard InChI is InChI=1S/C22H19BrN2O4/c23-17-10-5-4-9-16(17)13-19-24-18(11-6-12-20(26)27)21(25-19)22(28)29-14-15-7-2-1-3-8-15/h1-10,12H,11,13-14H2,(H,24,25)(H,26,27)/b12-6+. The molecule has 6 nitrogen and oxygen atoms in total. The monoisotopic (exact) mass is 454 g/mol. The molecule has 0 aliphatic rings. The normalized spacial score (nSPS) is 10.9. The van der Waals surface area contributed by atoms with Crippen molar-refractivity contribution in [1.29, 1.82) is 0 Å². The lowest BCUT2D eigenvalue weighted by Crippen LogP contribution is -2.08. The zero-order chi connectivity index (χ0) is 20.6. The van der Waals surface area contributed by atoms with E-state index in [0.29, 0.717) is 17.9 Å². The van der Waals surface area contributed by atoms with Crippen molar-refractivity contribution in [2.24, 2.45) is 0 Å². The Hall–Kier alpha value is -3.19. The quantitative estimate of drug-likeness (QED) is 0.390. The van der Waals surface area contributed by atoms with Gasteiger partial charge >= 0.3 is 11.9 Å². The van der Waals surface area contributed by atoms with Gasteiger partial charge in [-0.2, -0.15) is 0 Å². The third kappa shape index (κ3) is 5.89. The van der Waals surface area contributed by atoms with Crippen LogP contribution in [0.15, 0.2) is 71.2 Å². The summed E-state index contributed by atoms with van der Waals surface area (Å²) >= 11 is 3.51. The molecular formula is C22H19BrN2O4. The summed E-state index contributed by atoms with van der Waals surface area (Å²) in [5.41, 5.74) is 2.57. The third-order valence-corrected chi connectivity index (χ3v) is 4.91. The Labute approximate surface area is 176 Å². The SMILES string of the molecule is O=C(O)/C=C/Cc1[nH]c(Cc2ccccc2Br)nc1C(=O)OCc1ccccc1. The number of rotatable bonds is 8.